The lowest BCUT2D eigenvalue weighted by molar-refractivity contribution is -0.122. The van der Waals surface area contributed by atoms with E-state index in [0.717, 1.165) is 37.1 Å². The summed E-state index contributed by atoms with van der Waals surface area (Å²) in [6.07, 6.45) is 6.87. The molecule has 1 saturated heterocycles. The highest BCUT2D eigenvalue weighted by Crippen LogP contribution is 2.46. The third kappa shape index (κ3) is 4.21. The summed E-state index contributed by atoms with van der Waals surface area (Å²) < 4.78 is 11.8. The van der Waals surface area contributed by atoms with Crippen molar-refractivity contribution >= 4 is 11.8 Å². The van der Waals surface area contributed by atoms with E-state index in [9.17, 15) is 9.59 Å². The van der Waals surface area contributed by atoms with Crippen LogP contribution in [-0.2, 0) is 4.79 Å². The number of fused-ring (bicyclic) bond motifs is 1. The predicted octanol–water partition coefficient (Wildman–Crippen LogP) is 4.05. The van der Waals surface area contributed by atoms with Crippen molar-refractivity contribution in [3.8, 4) is 5.75 Å². The van der Waals surface area contributed by atoms with Crippen LogP contribution in [0.15, 0.2) is 41.0 Å². The molecule has 0 radical (unpaired) electrons. The van der Waals surface area contributed by atoms with E-state index in [2.05, 4.69) is 11.4 Å². The Morgan fingerprint density at radius 1 is 1.16 bits per heavy atom. The second-order valence-electron chi connectivity index (χ2n) is 9.36. The highest BCUT2D eigenvalue weighted by Gasteiger charge is 2.44. The number of furan rings is 1. The van der Waals surface area contributed by atoms with E-state index in [4.69, 9.17) is 9.15 Å². The fraction of sp³-hybridized carbons (Fsp3) is 0.520. The van der Waals surface area contributed by atoms with Crippen molar-refractivity contribution in [1.29, 1.82) is 0 Å². The Morgan fingerprint density at radius 2 is 1.94 bits per heavy atom. The Bertz CT molecular complexity index is 969. The smallest absolute Gasteiger partial charge is 0.257 e. The molecular formula is C25H30N2O4. The van der Waals surface area contributed by atoms with Gasteiger partial charge in [-0.15, -0.1) is 0 Å². The molecule has 0 unspecified atom stereocenters. The van der Waals surface area contributed by atoms with Gasteiger partial charge in [-0.3, -0.25) is 9.59 Å². The molecule has 6 nitrogen and oxygen atoms in total. The van der Waals surface area contributed by atoms with Crippen molar-refractivity contribution in [2.24, 2.45) is 5.92 Å². The molecule has 2 fully saturated rings. The van der Waals surface area contributed by atoms with E-state index in [0.29, 0.717) is 36.8 Å². The molecule has 3 aliphatic rings. The summed E-state index contributed by atoms with van der Waals surface area (Å²) in [7, 11) is 0. The lowest BCUT2D eigenvalue weighted by Gasteiger charge is -2.47. The number of benzene rings is 1. The number of amides is 2. The molecule has 1 atom stereocenters. The van der Waals surface area contributed by atoms with Crippen molar-refractivity contribution in [3.63, 3.8) is 0 Å². The Labute approximate surface area is 182 Å². The van der Waals surface area contributed by atoms with Crippen molar-refractivity contribution < 1.29 is 18.7 Å². The zero-order valence-electron chi connectivity index (χ0n) is 18.1. The molecule has 2 amide bonds. The molecular weight excluding hydrogens is 392 g/mol. The first-order chi connectivity index (χ1) is 15.0. The summed E-state index contributed by atoms with van der Waals surface area (Å²) in [6.45, 7) is 3.91. The van der Waals surface area contributed by atoms with Gasteiger partial charge < -0.3 is 19.4 Å². The maximum atomic E-state index is 12.9. The van der Waals surface area contributed by atoms with Crippen LogP contribution in [0, 0.1) is 12.8 Å². The van der Waals surface area contributed by atoms with Crippen molar-refractivity contribution in [2.75, 3.05) is 19.6 Å². The topological polar surface area (TPSA) is 71.8 Å². The van der Waals surface area contributed by atoms with Crippen LogP contribution < -0.4 is 10.1 Å². The van der Waals surface area contributed by atoms with E-state index < -0.39 is 0 Å². The van der Waals surface area contributed by atoms with Crippen LogP contribution in [0.4, 0.5) is 0 Å². The van der Waals surface area contributed by atoms with Crippen LogP contribution in [0.3, 0.4) is 0 Å². The van der Waals surface area contributed by atoms with Crippen LogP contribution in [0.25, 0.3) is 0 Å². The van der Waals surface area contributed by atoms with Gasteiger partial charge in [-0.05, 0) is 49.8 Å². The minimum absolute atomic E-state index is 0.0216. The number of carbonyl (C=O) groups is 2. The van der Waals surface area contributed by atoms with Crippen molar-refractivity contribution in [1.82, 2.24) is 10.2 Å². The van der Waals surface area contributed by atoms with Gasteiger partial charge in [0.1, 0.15) is 17.1 Å². The molecule has 1 spiro atoms. The predicted molar refractivity (Wildman–Crippen MR) is 116 cm³/mol. The summed E-state index contributed by atoms with van der Waals surface area (Å²) in [5, 5.41) is 3.12. The molecule has 1 aromatic heterocycles. The molecule has 1 aliphatic carbocycles. The maximum Gasteiger partial charge on any atom is 0.257 e. The number of piperidine rings is 1. The highest BCUT2D eigenvalue weighted by atomic mass is 16.5. The number of nitrogens with zero attached hydrogens (tertiary/aromatic N) is 1. The second-order valence-corrected chi connectivity index (χ2v) is 9.36. The Kier molecular flexibility index (Phi) is 5.24. The summed E-state index contributed by atoms with van der Waals surface area (Å²) >= 11 is 0. The molecule has 31 heavy (non-hydrogen) atoms. The van der Waals surface area contributed by atoms with Gasteiger partial charge in [0.15, 0.2) is 0 Å². The highest BCUT2D eigenvalue weighted by molar-refractivity contribution is 5.95. The molecule has 164 valence electrons. The Morgan fingerprint density at radius 3 is 2.65 bits per heavy atom. The summed E-state index contributed by atoms with van der Waals surface area (Å²) in [5.41, 5.74) is 1.44. The number of likely N-dealkylation sites (tertiary alicyclic amines) is 1. The molecule has 1 saturated carbocycles. The standard InChI is InChI=1S/C25H30N2O4/c1-17-20(8-13-30-17)24(29)27-11-9-25(10-12-27)15-19(14-23(28)26-16-18-6-7-18)21-4-2-3-5-22(21)31-25/h2-5,8,13,18-19H,6-7,9-12,14-16H2,1H3,(H,26,28)/t19-/m1/s1. The lowest BCUT2D eigenvalue weighted by Crippen LogP contribution is -2.52. The van der Waals surface area contributed by atoms with Crippen molar-refractivity contribution in [2.45, 2.75) is 57.0 Å². The van der Waals surface area contributed by atoms with E-state index in [1.54, 1.807) is 12.3 Å². The monoisotopic (exact) mass is 422 g/mol. The number of aryl methyl sites for hydroxylation is 1. The minimum atomic E-state index is -0.321. The van der Waals surface area contributed by atoms with E-state index in [-0.39, 0.29) is 23.3 Å². The summed E-state index contributed by atoms with van der Waals surface area (Å²) in [4.78, 5) is 27.4. The first-order valence-electron chi connectivity index (χ1n) is 11.4. The number of ether oxygens (including phenoxy) is 1. The van der Waals surface area contributed by atoms with Crippen LogP contribution in [0.5, 0.6) is 5.75 Å². The van der Waals surface area contributed by atoms with Gasteiger partial charge in [-0.1, -0.05) is 18.2 Å². The molecule has 6 heteroatoms. The van der Waals surface area contributed by atoms with E-state index >= 15 is 0 Å². The number of rotatable bonds is 5. The molecule has 3 heterocycles. The van der Waals surface area contributed by atoms with Gasteiger partial charge >= 0.3 is 0 Å². The number of para-hydroxylation sites is 1. The van der Waals surface area contributed by atoms with Gasteiger partial charge in [0, 0.05) is 44.8 Å². The Balaban J connectivity index is 1.28. The van der Waals surface area contributed by atoms with Crippen LogP contribution >= 0.6 is 0 Å². The SMILES string of the molecule is Cc1occc1C(=O)N1CCC2(CC1)C[C@@H](CC(=O)NCC1CC1)c1ccccc1O2. The average molecular weight is 423 g/mol. The van der Waals surface area contributed by atoms with Crippen LogP contribution in [0.2, 0.25) is 0 Å². The third-order valence-corrected chi connectivity index (χ3v) is 7.07. The fourth-order valence-corrected chi connectivity index (χ4v) is 5.00. The molecule has 1 aromatic carbocycles. The van der Waals surface area contributed by atoms with Gasteiger partial charge in [0.2, 0.25) is 5.91 Å². The van der Waals surface area contributed by atoms with Crippen LogP contribution in [0.1, 0.15) is 66.1 Å². The first-order valence-corrected chi connectivity index (χ1v) is 11.4. The lowest BCUT2D eigenvalue weighted by atomic mass is 9.76. The molecule has 2 aromatic rings. The number of nitrogens with one attached hydrogen (secondary N) is 1. The van der Waals surface area contributed by atoms with Gasteiger partial charge in [-0.25, -0.2) is 0 Å². The molecule has 2 aliphatic heterocycles. The number of hydrogen-bond acceptors (Lipinski definition) is 4. The summed E-state index contributed by atoms with van der Waals surface area (Å²) in [5.74, 6) is 2.52. The van der Waals surface area contributed by atoms with Crippen LogP contribution in [-0.4, -0.2) is 41.9 Å². The maximum absolute atomic E-state index is 12.9. The fourth-order valence-electron chi connectivity index (χ4n) is 5.00. The van der Waals surface area contributed by atoms with Gasteiger partial charge in [0.05, 0.1) is 11.8 Å². The summed E-state index contributed by atoms with van der Waals surface area (Å²) in [6, 6.07) is 9.84. The zero-order valence-corrected chi connectivity index (χ0v) is 18.1. The van der Waals surface area contributed by atoms with E-state index in [1.165, 1.54) is 12.8 Å². The Hall–Kier alpha value is -2.76. The quantitative estimate of drug-likeness (QED) is 0.789. The second kappa shape index (κ2) is 8.06. The third-order valence-electron chi connectivity index (χ3n) is 7.07. The van der Waals surface area contributed by atoms with E-state index in [1.807, 2.05) is 30.0 Å². The van der Waals surface area contributed by atoms with Crippen molar-refractivity contribution in [3.05, 3.63) is 53.5 Å². The number of hydrogen-bond donors (Lipinski definition) is 1. The average Bonchev–Trinajstić information content (AvgIpc) is 3.51. The number of carbonyl (C=O) groups excluding carboxylic acids is 2. The molecule has 1 N–H and O–H groups in total. The largest absolute Gasteiger partial charge is 0.487 e. The molecule has 0 bridgehead atoms. The van der Waals surface area contributed by atoms with Gasteiger partial charge in [-0.2, -0.15) is 0 Å². The normalized spacial score (nSPS) is 22.0. The zero-order chi connectivity index (χ0) is 21.4. The first kappa shape index (κ1) is 20.2. The minimum Gasteiger partial charge on any atom is -0.487 e. The van der Waals surface area contributed by atoms with Gasteiger partial charge in [0.25, 0.3) is 5.91 Å². The molecule has 5 rings (SSSR count).